The van der Waals surface area contributed by atoms with E-state index in [1.54, 1.807) is 82.6 Å². The van der Waals surface area contributed by atoms with E-state index in [9.17, 15) is 60.7 Å². The topological polar surface area (TPSA) is 450 Å². The minimum atomic E-state index is -2.34. The molecule has 0 radical (unpaired) electrons. The van der Waals surface area contributed by atoms with Crippen molar-refractivity contribution in [1.29, 1.82) is 0 Å². The lowest BCUT2D eigenvalue weighted by atomic mass is 9.82. The number of carbonyl (C=O) groups is 2. The molecule has 2 bridgehead atoms. The molecule has 3 heterocycles. The maximum atomic E-state index is 14.2. The third-order valence-corrected chi connectivity index (χ3v) is 17.9. The highest BCUT2D eigenvalue weighted by Crippen LogP contribution is 2.38. The number of nitrogens with two attached hydrogens (primary N) is 1. The van der Waals surface area contributed by atoms with Crippen molar-refractivity contribution in [3.8, 4) is 0 Å². The van der Waals surface area contributed by atoms with Crippen molar-refractivity contribution < 1.29 is 151 Å². The van der Waals surface area contributed by atoms with Gasteiger partial charge in [-0.25, -0.2) is 0 Å². The molecule has 111 heavy (non-hydrogen) atoms. The standard InChI is InChI=1S/C78H136N2O31/c1-58-18-16-14-12-10-8-6-7-9-11-13-15-17-19-65(110-77-75(90)72(79)74(89)61(4)109-77)55-69-71(68(86)57-78(92,111-69)56-64(83)53-67(85)66(84)21-20-62(81)52-63(82)54-70(87)108-60(3)59(2)73(58)88)76(91)80-22-23-94-26-27-96-30-31-98-34-35-100-38-39-102-42-43-104-46-47-106-50-51-107-49-48-105-45-44-103-41-40-101-37-36-99-33-32-97-29-28-95-25-24-93-5/h6-19,58-69,71-75,77,81-86,88-90,92H,20-57,79H2,1-5H3,(H,80,91)/t58-,59-,60-,61+,62+,63+,64-,65-,66+,67+,68-,69-,71+,72-,73+,74+,75-,77-,78+/m0/s1. The van der Waals surface area contributed by atoms with E-state index in [1.807, 2.05) is 37.3 Å². The van der Waals surface area contributed by atoms with Crippen LogP contribution in [0.1, 0.15) is 79.1 Å². The van der Waals surface area contributed by atoms with Gasteiger partial charge in [-0.3, -0.25) is 9.59 Å². The van der Waals surface area contributed by atoms with E-state index >= 15 is 0 Å². The number of esters is 1. The molecule has 3 aliphatic rings. The first-order valence-electron chi connectivity index (χ1n) is 39.0. The maximum absolute atomic E-state index is 14.2. The predicted octanol–water partition coefficient (Wildman–Crippen LogP) is 0.622. The highest BCUT2D eigenvalue weighted by atomic mass is 16.7. The summed E-state index contributed by atoms with van der Waals surface area (Å²) in [5.41, 5.74) is 6.18. The molecule has 0 unspecified atom stereocenters. The van der Waals surface area contributed by atoms with E-state index in [2.05, 4.69) is 5.32 Å². The number of amides is 1. The number of aliphatic hydroxyl groups excluding tert-OH is 9. The van der Waals surface area contributed by atoms with Crippen molar-refractivity contribution in [2.45, 2.75) is 177 Å². The summed E-state index contributed by atoms with van der Waals surface area (Å²) in [6, 6.07) is -1.17. The molecule has 0 aliphatic carbocycles. The van der Waals surface area contributed by atoms with Crippen molar-refractivity contribution in [2.24, 2.45) is 23.5 Å². The van der Waals surface area contributed by atoms with Crippen LogP contribution >= 0.6 is 0 Å². The Morgan fingerprint density at radius 1 is 0.450 bits per heavy atom. The number of fused-ring (bicyclic) bond motifs is 2. The van der Waals surface area contributed by atoms with Gasteiger partial charge in [0.1, 0.15) is 12.2 Å². The van der Waals surface area contributed by atoms with Gasteiger partial charge in [-0.05, 0) is 33.1 Å². The predicted molar refractivity (Wildman–Crippen MR) is 406 cm³/mol. The number of rotatable bonds is 48. The van der Waals surface area contributed by atoms with Gasteiger partial charge in [0.15, 0.2) is 12.1 Å². The Morgan fingerprint density at radius 2 is 0.847 bits per heavy atom. The molecule has 0 aromatic heterocycles. The van der Waals surface area contributed by atoms with Gasteiger partial charge in [-0.15, -0.1) is 0 Å². The van der Waals surface area contributed by atoms with E-state index in [0.29, 0.717) is 165 Å². The first kappa shape index (κ1) is 101. The van der Waals surface area contributed by atoms with Gasteiger partial charge in [-0.2, -0.15) is 0 Å². The van der Waals surface area contributed by atoms with Gasteiger partial charge in [-0.1, -0.05) is 98.9 Å². The lowest BCUT2D eigenvalue weighted by Gasteiger charge is -2.46. The lowest BCUT2D eigenvalue weighted by molar-refractivity contribution is -0.307. The smallest absolute Gasteiger partial charge is 0.308 e. The fraction of sp³-hybridized carbons (Fsp3) is 0.795. The van der Waals surface area contributed by atoms with E-state index in [1.165, 1.54) is 0 Å². The van der Waals surface area contributed by atoms with Crippen LogP contribution in [-0.4, -0.2) is 366 Å². The molecule has 33 heteroatoms. The van der Waals surface area contributed by atoms with E-state index in [-0.39, 0.29) is 64.6 Å². The molecule has 1 amide bonds. The average Bonchev–Trinajstić information content (AvgIpc) is 0.783. The Bertz CT molecular complexity index is 2500. The van der Waals surface area contributed by atoms with Crippen LogP contribution < -0.4 is 11.1 Å². The zero-order valence-corrected chi connectivity index (χ0v) is 66.0. The van der Waals surface area contributed by atoms with Gasteiger partial charge >= 0.3 is 5.97 Å². The van der Waals surface area contributed by atoms with E-state index in [0.717, 1.165) is 0 Å². The summed E-state index contributed by atoms with van der Waals surface area (Å²) >= 11 is 0. The molecule has 33 nitrogen and oxygen atoms in total. The van der Waals surface area contributed by atoms with Crippen LogP contribution in [0.3, 0.4) is 0 Å². The van der Waals surface area contributed by atoms with Gasteiger partial charge in [0, 0.05) is 51.2 Å². The molecule has 0 saturated carbocycles. The van der Waals surface area contributed by atoms with Gasteiger partial charge in [0.25, 0.3) is 0 Å². The highest BCUT2D eigenvalue weighted by molar-refractivity contribution is 5.80. The lowest BCUT2D eigenvalue weighted by Crippen LogP contribution is -2.62. The molecule has 2 fully saturated rings. The van der Waals surface area contributed by atoms with Crippen LogP contribution in [0.4, 0.5) is 0 Å². The number of methoxy groups -OCH3 is 1. The van der Waals surface area contributed by atoms with E-state index < -0.39 is 147 Å². The number of allylic oxidation sites excluding steroid dienone is 12. The molecule has 2 saturated heterocycles. The zero-order chi connectivity index (χ0) is 81.0. The van der Waals surface area contributed by atoms with Gasteiger partial charge in [0.05, 0.1) is 277 Å². The normalized spacial score (nSPS) is 29.6. The Morgan fingerprint density at radius 3 is 1.27 bits per heavy atom. The van der Waals surface area contributed by atoms with Crippen LogP contribution in [0.5, 0.6) is 0 Å². The quantitative estimate of drug-likeness (QED) is 0.0293. The SMILES string of the molecule is COCCOCCOCCOCCOCCOCCOCCOCCOCCOCCOCCOCCOCCOCCOCCNC(=O)[C@H]1[C@@H]2C[C@@H](O[C@@H]3O[C@H](C)[C@@H](O)[C@H](N)[C@@H]3O)C=CC=CC=CC=CC=CC=CC=C[C@H](C)[C@@H](O)[C@@H](C)[C@H](C)OC(=O)C[C@H](O)C[C@H](O)CC[C@@H](O)[C@H](O)C[C@H](O)C[C@](O)(C[C@@H]1O)O2. The third-order valence-electron chi connectivity index (χ3n) is 17.9. The van der Waals surface area contributed by atoms with Crippen molar-refractivity contribution in [2.75, 3.05) is 205 Å². The Labute approximate surface area is 655 Å². The summed E-state index contributed by atoms with van der Waals surface area (Å²) in [6.07, 6.45) is 3.71. The average molecular weight is 1600 g/mol. The second kappa shape index (κ2) is 65.0. The number of cyclic esters (lactones) is 1. The number of carbonyl (C=O) groups excluding carboxylic acids is 2. The molecule has 0 aromatic rings. The molecule has 13 N–H and O–H groups in total. The summed E-state index contributed by atoms with van der Waals surface area (Å²) in [7, 11) is 1.63. The summed E-state index contributed by atoms with van der Waals surface area (Å²) < 4.78 is 106. The fourth-order valence-electron chi connectivity index (χ4n) is 11.5. The van der Waals surface area contributed by atoms with Crippen molar-refractivity contribution in [3.05, 3.63) is 85.1 Å². The highest BCUT2D eigenvalue weighted by Gasteiger charge is 2.51. The summed E-state index contributed by atoms with van der Waals surface area (Å²) in [4.78, 5) is 27.0. The first-order chi connectivity index (χ1) is 53.7. The number of hydrogen-bond donors (Lipinski definition) is 12. The first-order valence-corrected chi connectivity index (χ1v) is 39.0. The number of hydrogen-bond acceptors (Lipinski definition) is 32. The molecular formula is C78H136N2O31. The summed E-state index contributed by atoms with van der Waals surface area (Å²) in [5.74, 6) is -5.90. The zero-order valence-electron chi connectivity index (χ0n) is 66.0. The van der Waals surface area contributed by atoms with Crippen LogP contribution in [-0.2, 0) is 99.6 Å². The Balaban J connectivity index is 1.39. The Kier molecular flexibility index (Phi) is 59.3. The largest absolute Gasteiger partial charge is 0.462 e. The molecule has 3 aliphatic heterocycles. The third kappa shape index (κ3) is 49.6. The molecule has 3 rings (SSSR count). The van der Waals surface area contributed by atoms with Gasteiger partial charge < -0.3 is 152 Å². The molecule has 644 valence electrons. The van der Waals surface area contributed by atoms with Crippen molar-refractivity contribution in [1.82, 2.24) is 5.32 Å². The minimum Gasteiger partial charge on any atom is -0.462 e. The molecule has 0 aromatic carbocycles. The Hall–Kier alpha value is -4.04. The second-order valence-corrected chi connectivity index (χ2v) is 27.1. The second-order valence-electron chi connectivity index (χ2n) is 27.1. The molecule has 19 atom stereocenters. The number of ether oxygens (including phenoxy) is 19. The molecular weight excluding hydrogens is 1460 g/mol. The maximum Gasteiger partial charge on any atom is 0.308 e. The van der Waals surface area contributed by atoms with Crippen LogP contribution in [0.2, 0.25) is 0 Å². The molecule has 0 spiro atoms. The van der Waals surface area contributed by atoms with Crippen molar-refractivity contribution in [3.63, 3.8) is 0 Å². The number of aliphatic hydroxyl groups is 10. The summed E-state index contributed by atoms with van der Waals surface area (Å²) in [5, 5.41) is 114. The van der Waals surface area contributed by atoms with Crippen LogP contribution in [0, 0.1) is 17.8 Å². The van der Waals surface area contributed by atoms with Gasteiger partial charge in [0.2, 0.25) is 5.91 Å². The minimum absolute atomic E-state index is 0.0109. The van der Waals surface area contributed by atoms with E-state index in [4.69, 9.17) is 95.7 Å². The summed E-state index contributed by atoms with van der Waals surface area (Å²) in [6.45, 7) is 18.8. The van der Waals surface area contributed by atoms with Crippen LogP contribution in [0.25, 0.3) is 0 Å². The monoisotopic (exact) mass is 1600 g/mol. The fourth-order valence-corrected chi connectivity index (χ4v) is 11.5. The van der Waals surface area contributed by atoms with Crippen molar-refractivity contribution >= 4 is 11.9 Å². The number of nitrogens with one attached hydrogen (secondary N) is 1. The van der Waals surface area contributed by atoms with Crippen LogP contribution in [0.15, 0.2) is 85.1 Å².